The zero-order valence-electron chi connectivity index (χ0n) is 18.0. The summed E-state index contributed by atoms with van der Waals surface area (Å²) in [5.41, 5.74) is 0.932. The Labute approximate surface area is 183 Å². The average molecular weight is 426 g/mol. The molecule has 0 spiro atoms. The van der Waals surface area contributed by atoms with Gasteiger partial charge < -0.3 is 19.0 Å². The van der Waals surface area contributed by atoms with E-state index in [9.17, 15) is 9.59 Å². The van der Waals surface area contributed by atoms with E-state index in [4.69, 9.17) is 9.15 Å². The van der Waals surface area contributed by atoms with Crippen LogP contribution in [0.1, 0.15) is 31.4 Å². The summed E-state index contributed by atoms with van der Waals surface area (Å²) in [6, 6.07) is 11.7. The first-order chi connectivity index (χ1) is 15.2. The SMILES string of the molecule is O=C(COc1coc(CN2CCCCCC2)cc1=O)N1CCN(c2ccccc2)CC1. The van der Waals surface area contributed by atoms with Crippen LogP contribution in [0.15, 0.2) is 51.9 Å². The molecule has 7 nitrogen and oxygen atoms in total. The van der Waals surface area contributed by atoms with E-state index in [-0.39, 0.29) is 23.7 Å². The quantitative estimate of drug-likeness (QED) is 0.709. The molecule has 2 fully saturated rings. The predicted octanol–water partition coefficient (Wildman–Crippen LogP) is 2.74. The van der Waals surface area contributed by atoms with Gasteiger partial charge in [-0.15, -0.1) is 0 Å². The third-order valence-corrected chi connectivity index (χ3v) is 6.04. The van der Waals surface area contributed by atoms with Crippen molar-refractivity contribution in [2.24, 2.45) is 0 Å². The number of hydrogen-bond donors (Lipinski definition) is 0. The number of benzene rings is 1. The largest absolute Gasteiger partial charge is 0.477 e. The Morgan fingerprint density at radius 1 is 0.935 bits per heavy atom. The molecule has 0 unspecified atom stereocenters. The van der Waals surface area contributed by atoms with Crippen LogP contribution in [0.3, 0.4) is 0 Å². The predicted molar refractivity (Wildman–Crippen MR) is 119 cm³/mol. The van der Waals surface area contributed by atoms with Gasteiger partial charge in [-0.05, 0) is 38.1 Å². The Balaban J connectivity index is 1.25. The molecule has 1 aromatic carbocycles. The molecule has 0 bridgehead atoms. The van der Waals surface area contributed by atoms with Crippen molar-refractivity contribution in [3.63, 3.8) is 0 Å². The zero-order chi connectivity index (χ0) is 21.5. The smallest absolute Gasteiger partial charge is 0.260 e. The number of para-hydroxylation sites is 1. The number of ether oxygens (including phenoxy) is 1. The van der Waals surface area contributed by atoms with Gasteiger partial charge in [-0.3, -0.25) is 14.5 Å². The van der Waals surface area contributed by atoms with Crippen LogP contribution in [0.2, 0.25) is 0 Å². The van der Waals surface area contributed by atoms with Gasteiger partial charge in [0.25, 0.3) is 5.91 Å². The number of amides is 1. The highest BCUT2D eigenvalue weighted by atomic mass is 16.5. The number of carbonyl (C=O) groups excluding carboxylic acids is 1. The summed E-state index contributed by atoms with van der Waals surface area (Å²) in [6.45, 7) is 5.40. The highest BCUT2D eigenvalue weighted by Gasteiger charge is 2.22. The molecule has 4 rings (SSSR count). The Morgan fingerprint density at radius 2 is 1.65 bits per heavy atom. The number of carbonyl (C=O) groups is 1. The van der Waals surface area contributed by atoms with Gasteiger partial charge in [0.05, 0.1) is 6.54 Å². The number of piperazine rings is 1. The van der Waals surface area contributed by atoms with Crippen molar-refractivity contribution >= 4 is 11.6 Å². The number of nitrogens with zero attached hydrogens (tertiary/aromatic N) is 3. The van der Waals surface area contributed by atoms with Crippen LogP contribution in [0.4, 0.5) is 5.69 Å². The zero-order valence-corrected chi connectivity index (χ0v) is 18.0. The lowest BCUT2D eigenvalue weighted by Gasteiger charge is -2.36. The minimum Gasteiger partial charge on any atom is -0.477 e. The van der Waals surface area contributed by atoms with Crippen LogP contribution >= 0.6 is 0 Å². The Morgan fingerprint density at radius 3 is 2.32 bits per heavy atom. The molecule has 1 amide bonds. The van der Waals surface area contributed by atoms with E-state index in [1.165, 1.54) is 43.7 Å². The summed E-state index contributed by atoms with van der Waals surface area (Å²) in [4.78, 5) is 31.3. The number of rotatable bonds is 6. The monoisotopic (exact) mass is 425 g/mol. The molecule has 31 heavy (non-hydrogen) atoms. The van der Waals surface area contributed by atoms with Crippen LogP contribution in [0, 0.1) is 0 Å². The molecule has 2 saturated heterocycles. The van der Waals surface area contributed by atoms with Crippen LogP contribution in [-0.2, 0) is 11.3 Å². The van der Waals surface area contributed by atoms with Crippen molar-refractivity contribution in [3.8, 4) is 5.75 Å². The molecule has 7 heteroatoms. The summed E-state index contributed by atoms with van der Waals surface area (Å²) in [6.07, 6.45) is 6.25. The summed E-state index contributed by atoms with van der Waals surface area (Å²) < 4.78 is 11.1. The molecule has 0 saturated carbocycles. The van der Waals surface area contributed by atoms with Crippen molar-refractivity contribution in [2.75, 3.05) is 50.8 Å². The van der Waals surface area contributed by atoms with Gasteiger partial charge >= 0.3 is 0 Å². The molecular weight excluding hydrogens is 394 g/mol. The first-order valence-electron chi connectivity index (χ1n) is 11.2. The van der Waals surface area contributed by atoms with Gasteiger partial charge in [0.1, 0.15) is 12.0 Å². The van der Waals surface area contributed by atoms with E-state index in [2.05, 4.69) is 21.9 Å². The molecule has 0 aliphatic carbocycles. The topological polar surface area (TPSA) is 66.2 Å². The minimum absolute atomic E-state index is 0.0934. The lowest BCUT2D eigenvalue weighted by molar-refractivity contribution is -0.133. The molecule has 2 aliphatic rings. The van der Waals surface area contributed by atoms with Gasteiger partial charge in [0.15, 0.2) is 6.61 Å². The number of hydrogen-bond acceptors (Lipinski definition) is 6. The maximum atomic E-state index is 12.5. The third-order valence-electron chi connectivity index (χ3n) is 6.04. The van der Waals surface area contributed by atoms with Crippen LogP contribution < -0.4 is 15.1 Å². The molecular formula is C24H31N3O4. The second-order valence-electron chi connectivity index (χ2n) is 8.26. The van der Waals surface area contributed by atoms with Gasteiger partial charge in [0.2, 0.25) is 11.2 Å². The van der Waals surface area contributed by atoms with Crippen LogP contribution in [0.5, 0.6) is 5.75 Å². The Hall–Kier alpha value is -2.80. The van der Waals surface area contributed by atoms with E-state index >= 15 is 0 Å². The van der Waals surface area contributed by atoms with Gasteiger partial charge in [-0.25, -0.2) is 0 Å². The molecule has 0 atom stereocenters. The maximum absolute atomic E-state index is 12.5. The molecule has 3 heterocycles. The number of anilines is 1. The highest BCUT2D eigenvalue weighted by molar-refractivity contribution is 5.78. The molecule has 1 aromatic heterocycles. The number of likely N-dealkylation sites (tertiary alicyclic amines) is 1. The lowest BCUT2D eigenvalue weighted by Crippen LogP contribution is -2.50. The van der Waals surface area contributed by atoms with E-state index in [0.29, 0.717) is 25.4 Å². The fraction of sp³-hybridized carbons (Fsp3) is 0.500. The molecule has 0 N–H and O–H groups in total. The first kappa shape index (κ1) is 21.4. The standard InChI is InChI=1S/C24H31N3O4/c28-22-16-21(17-25-10-6-1-2-7-11-25)30-18-23(22)31-19-24(29)27-14-12-26(13-15-27)20-8-4-3-5-9-20/h3-5,8-9,16,18H,1-2,6-7,10-15,17,19H2. The molecule has 2 aliphatic heterocycles. The highest BCUT2D eigenvalue weighted by Crippen LogP contribution is 2.16. The van der Waals surface area contributed by atoms with E-state index in [1.807, 2.05) is 18.2 Å². The van der Waals surface area contributed by atoms with Gasteiger partial charge in [-0.2, -0.15) is 0 Å². The first-order valence-corrected chi connectivity index (χ1v) is 11.2. The van der Waals surface area contributed by atoms with Crippen LogP contribution in [-0.4, -0.2) is 61.6 Å². The van der Waals surface area contributed by atoms with Crippen molar-refractivity contribution in [1.29, 1.82) is 0 Å². The Bertz CT molecular complexity index is 899. The summed E-state index contributed by atoms with van der Waals surface area (Å²) >= 11 is 0. The molecule has 0 radical (unpaired) electrons. The fourth-order valence-corrected chi connectivity index (χ4v) is 4.23. The Kier molecular flexibility index (Phi) is 7.25. The van der Waals surface area contributed by atoms with Gasteiger partial charge in [-0.1, -0.05) is 31.0 Å². The lowest BCUT2D eigenvalue weighted by atomic mass is 10.2. The minimum atomic E-state index is -0.238. The van der Waals surface area contributed by atoms with E-state index in [0.717, 1.165) is 26.2 Å². The average Bonchev–Trinajstić information content (AvgIpc) is 3.08. The van der Waals surface area contributed by atoms with Crippen molar-refractivity contribution in [1.82, 2.24) is 9.80 Å². The summed E-state index contributed by atoms with van der Waals surface area (Å²) in [5.74, 6) is 0.624. The fourth-order valence-electron chi connectivity index (χ4n) is 4.23. The van der Waals surface area contributed by atoms with Crippen molar-refractivity contribution in [3.05, 3.63) is 58.6 Å². The second kappa shape index (κ2) is 10.5. The van der Waals surface area contributed by atoms with Gasteiger partial charge in [0, 0.05) is 37.9 Å². The van der Waals surface area contributed by atoms with E-state index < -0.39 is 0 Å². The summed E-state index contributed by atoms with van der Waals surface area (Å²) in [5, 5.41) is 0. The van der Waals surface area contributed by atoms with E-state index in [1.54, 1.807) is 4.90 Å². The van der Waals surface area contributed by atoms with Crippen molar-refractivity contribution in [2.45, 2.75) is 32.2 Å². The van der Waals surface area contributed by atoms with Crippen LogP contribution in [0.25, 0.3) is 0 Å². The third kappa shape index (κ3) is 5.88. The summed E-state index contributed by atoms with van der Waals surface area (Å²) in [7, 11) is 0. The molecule has 166 valence electrons. The second-order valence-corrected chi connectivity index (χ2v) is 8.26. The normalized spacial score (nSPS) is 17.9. The maximum Gasteiger partial charge on any atom is 0.260 e. The van der Waals surface area contributed by atoms with Crippen molar-refractivity contribution < 1.29 is 13.9 Å². The molecule has 2 aromatic rings.